The van der Waals surface area contributed by atoms with E-state index in [9.17, 15) is 14.0 Å². The lowest BCUT2D eigenvalue weighted by molar-refractivity contribution is 0.0521. The molecule has 140 valence electrons. The molecule has 0 aromatic heterocycles. The van der Waals surface area contributed by atoms with Gasteiger partial charge in [0.15, 0.2) is 0 Å². The van der Waals surface area contributed by atoms with Crippen molar-refractivity contribution in [3.05, 3.63) is 107 Å². The Kier molecular flexibility index (Phi) is 5.00. The van der Waals surface area contributed by atoms with E-state index in [1.807, 2.05) is 65.6 Å². The number of carbonyl (C=O) groups excluding carboxylic acids is 2. The van der Waals surface area contributed by atoms with Crippen LogP contribution in [0.15, 0.2) is 78.9 Å². The summed E-state index contributed by atoms with van der Waals surface area (Å²) in [5.41, 5.74) is 2.55. The van der Waals surface area contributed by atoms with Crippen molar-refractivity contribution in [2.45, 2.75) is 13.1 Å². The second-order valence-corrected chi connectivity index (χ2v) is 6.83. The van der Waals surface area contributed by atoms with Gasteiger partial charge in [0.25, 0.3) is 11.8 Å². The predicted octanol–water partition coefficient (Wildman–Crippen LogP) is 4.08. The minimum absolute atomic E-state index is 0.129. The van der Waals surface area contributed by atoms with Gasteiger partial charge in [0, 0.05) is 13.1 Å². The fourth-order valence-electron chi connectivity index (χ4n) is 3.43. The molecule has 1 aliphatic heterocycles. The molecule has 4 nitrogen and oxygen atoms in total. The van der Waals surface area contributed by atoms with Gasteiger partial charge in [-0.3, -0.25) is 19.4 Å². The maximum atomic E-state index is 13.5. The lowest BCUT2D eigenvalue weighted by Gasteiger charge is -2.27. The van der Waals surface area contributed by atoms with E-state index in [0.717, 1.165) is 17.2 Å². The zero-order valence-corrected chi connectivity index (χ0v) is 15.2. The van der Waals surface area contributed by atoms with Crippen LogP contribution in [0, 0.1) is 5.82 Å². The summed E-state index contributed by atoms with van der Waals surface area (Å²) in [6.07, 6.45) is 0. The van der Waals surface area contributed by atoms with Crippen molar-refractivity contribution in [1.82, 2.24) is 9.80 Å². The molecule has 0 bridgehead atoms. The highest BCUT2D eigenvalue weighted by atomic mass is 19.1. The fourth-order valence-corrected chi connectivity index (χ4v) is 3.43. The number of hydrogen-bond donors (Lipinski definition) is 0. The lowest BCUT2D eigenvalue weighted by atomic mass is 10.1. The third kappa shape index (κ3) is 3.70. The van der Waals surface area contributed by atoms with E-state index in [2.05, 4.69) is 0 Å². The van der Waals surface area contributed by atoms with Crippen LogP contribution < -0.4 is 0 Å². The van der Waals surface area contributed by atoms with E-state index in [0.29, 0.717) is 13.1 Å². The molecule has 0 spiro atoms. The van der Waals surface area contributed by atoms with Crippen LogP contribution in [-0.2, 0) is 13.1 Å². The van der Waals surface area contributed by atoms with Crippen LogP contribution in [0.2, 0.25) is 0 Å². The van der Waals surface area contributed by atoms with Crippen LogP contribution in [0.1, 0.15) is 31.8 Å². The standard InChI is InChI=1S/C23H19FN2O2/c24-19-11-12-20-21(13-19)23(28)26(22(20)27)16-25(14-17-7-3-1-4-8-17)15-18-9-5-2-6-10-18/h1-13H,14-16H2. The maximum Gasteiger partial charge on any atom is 0.262 e. The summed E-state index contributed by atoms with van der Waals surface area (Å²) < 4.78 is 13.5. The van der Waals surface area contributed by atoms with Gasteiger partial charge in [0.1, 0.15) is 5.82 Å². The summed E-state index contributed by atoms with van der Waals surface area (Å²) in [4.78, 5) is 28.6. The molecule has 2 amide bonds. The molecule has 3 aromatic carbocycles. The van der Waals surface area contributed by atoms with E-state index in [4.69, 9.17) is 0 Å². The first-order valence-electron chi connectivity index (χ1n) is 9.08. The van der Waals surface area contributed by atoms with Crippen LogP contribution in [-0.4, -0.2) is 28.3 Å². The van der Waals surface area contributed by atoms with Crippen LogP contribution in [0.5, 0.6) is 0 Å². The topological polar surface area (TPSA) is 40.6 Å². The van der Waals surface area contributed by atoms with Crippen molar-refractivity contribution in [2.24, 2.45) is 0 Å². The largest absolute Gasteiger partial charge is 0.277 e. The predicted molar refractivity (Wildman–Crippen MR) is 104 cm³/mol. The molecule has 0 N–H and O–H groups in total. The summed E-state index contributed by atoms with van der Waals surface area (Å²) in [5.74, 6) is -1.36. The molecule has 1 heterocycles. The number of rotatable bonds is 6. The molecule has 5 heteroatoms. The molecule has 0 unspecified atom stereocenters. The van der Waals surface area contributed by atoms with E-state index in [1.54, 1.807) is 0 Å². The van der Waals surface area contributed by atoms with Crippen molar-refractivity contribution in [1.29, 1.82) is 0 Å². The fraction of sp³-hybridized carbons (Fsp3) is 0.130. The van der Waals surface area contributed by atoms with Crippen LogP contribution >= 0.6 is 0 Å². The Morgan fingerprint density at radius 2 is 1.25 bits per heavy atom. The Balaban J connectivity index is 1.58. The first kappa shape index (κ1) is 18.1. The number of nitrogens with zero attached hydrogens (tertiary/aromatic N) is 2. The lowest BCUT2D eigenvalue weighted by Crippen LogP contribution is -2.40. The SMILES string of the molecule is O=C1c2ccc(F)cc2C(=O)N1CN(Cc1ccccc1)Cc1ccccc1. The van der Waals surface area contributed by atoms with Crippen LogP contribution in [0.25, 0.3) is 0 Å². The zero-order valence-electron chi connectivity index (χ0n) is 15.2. The Morgan fingerprint density at radius 1 is 0.714 bits per heavy atom. The van der Waals surface area contributed by atoms with Crippen molar-refractivity contribution in [3.8, 4) is 0 Å². The summed E-state index contributed by atoms with van der Waals surface area (Å²) in [5, 5.41) is 0. The first-order chi connectivity index (χ1) is 13.6. The maximum absolute atomic E-state index is 13.5. The molecule has 1 aliphatic rings. The van der Waals surface area contributed by atoms with Crippen molar-refractivity contribution in [2.75, 3.05) is 6.67 Å². The third-order valence-electron chi connectivity index (χ3n) is 4.77. The van der Waals surface area contributed by atoms with Gasteiger partial charge in [-0.1, -0.05) is 60.7 Å². The second kappa shape index (κ2) is 7.74. The average Bonchev–Trinajstić information content (AvgIpc) is 2.94. The average molecular weight is 374 g/mol. The highest BCUT2D eigenvalue weighted by Crippen LogP contribution is 2.24. The zero-order chi connectivity index (χ0) is 19.5. The number of imide groups is 1. The van der Waals surface area contributed by atoms with Gasteiger partial charge in [0.05, 0.1) is 17.8 Å². The number of carbonyl (C=O) groups is 2. The first-order valence-corrected chi connectivity index (χ1v) is 9.08. The van der Waals surface area contributed by atoms with Crippen molar-refractivity contribution in [3.63, 3.8) is 0 Å². The van der Waals surface area contributed by atoms with Gasteiger partial charge >= 0.3 is 0 Å². The molecular weight excluding hydrogens is 355 g/mol. The van der Waals surface area contributed by atoms with Gasteiger partial charge < -0.3 is 0 Å². The van der Waals surface area contributed by atoms with E-state index in [-0.39, 0.29) is 23.7 Å². The van der Waals surface area contributed by atoms with Crippen molar-refractivity contribution >= 4 is 11.8 Å². The van der Waals surface area contributed by atoms with E-state index in [1.165, 1.54) is 17.0 Å². The molecule has 0 fully saturated rings. The summed E-state index contributed by atoms with van der Waals surface area (Å²) >= 11 is 0. The molecular formula is C23H19FN2O2. The highest BCUT2D eigenvalue weighted by Gasteiger charge is 2.36. The monoisotopic (exact) mass is 374 g/mol. The smallest absolute Gasteiger partial charge is 0.262 e. The Bertz CT molecular complexity index is 964. The van der Waals surface area contributed by atoms with Crippen LogP contribution in [0.4, 0.5) is 4.39 Å². The van der Waals surface area contributed by atoms with Crippen molar-refractivity contribution < 1.29 is 14.0 Å². The molecule has 4 rings (SSSR count). The Labute approximate surface area is 162 Å². The van der Waals surface area contributed by atoms with Crippen LogP contribution in [0.3, 0.4) is 0 Å². The number of amides is 2. The van der Waals surface area contributed by atoms with Gasteiger partial charge in [-0.05, 0) is 29.3 Å². The minimum atomic E-state index is -0.521. The molecule has 0 radical (unpaired) electrons. The Morgan fingerprint density at radius 3 is 1.82 bits per heavy atom. The van der Waals surface area contributed by atoms with Gasteiger partial charge in [-0.15, -0.1) is 0 Å². The molecule has 0 atom stereocenters. The Hall–Kier alpha value is -3.31. The third-order valence-corrected chi connectivity index (χ3v) is 4.77. The highest BCUT2D eigenvalue weighted by molar-refractivity contribution is 6.21. The summed E-state index contributed by atoms with van der Waals surface area (Å²) in [7, 11) is 0. The van der Waals surface area contributed by atoms with Gasteiger partial charge in [0.2, 0.25) is 0 Å². The normalized spacial score (nSPS) is 13.3. The van der Waals surface area contributed by atoms with E-state index < -0.39 is 11.7 Å². The summed E-state index contributed by atoms with van der Waals surface area (Å²) in [6.45, 7) is 1.30. The molecule has 0 aliphatic carbocycles. The summed E-state index contributed by atoms with van der Waals surface area (Å²) in [6, 6.07) is 23.5. The number of benzene rings is 3. The van der Waals surface area contributed by atoms with Gasteiger partial charge in [-0.25, -0.2) is 4.39 Å². The van der Waals surface area contributed by atoms with Gasteiger partial charge in [-0.2, -0.15) is 0 Å². The quantitative estimate of drug-likeness (QED) is 0.611. The number of halogens is 1. The minimum Gasteiger partial charge on any atom is -0.277 e. The molecule has 0 saturated carbocycles. The second-order valence-electron chi connectivity index (χ2n) is 6.83. The number of hydrogen-bond acceptors (Lipinski definition) is 3. The molecule has 28 heavy (non-hydrogen) atoms. The van der Waals surface area contributed by atoms with E-state index >= 15 is 0 Å². The number of fused-ring (bicyclic) bond motifs is 1. The molecule has 0 saturated heterocycles. The molecule has 3 aromatic rings.